The first kappa shape index (κ1) is 19.8. The number of amides is 1. The van der Waals surface area contributed by atoms with E-state index in [4.69, 9.17) is 9.72 Å². The average molecular weight is 422 g/mol. The van der Waals surface area contributed by atoms with Crippen LogP contribution in [0.25, 0.3) is 33.2 Å². The number of ether oxygens (including phenoxy) is 1. The third kappa shape index (κ3) is 3.78. The number of para-hydroxylation sites is 1. The number of hydrogen-bond donors (Lipinski definition) is 2. The maximum Gasteiger partial charge on any atom is 0.252 e. The van der Waals surface area contributed by atoms with Crippen LogP contribution in [-0.2, 0) is 6.42 Å². The summed E-state index contributed by atoms with van der Waals surface area (Å²) >= 11 is 0. The van der Waals surface area contributed by atoms with E-state index in [0.717, 1.165) is 38.8 Å². The van der Waals surface area contributed by atoms with Gasteiger partial charge in [0.25, 0.3) is 5.91 Å². The Bertz CT molecular complexity index is 1410. The summed E-state index contributed by atoms with van der Waals surface area (Å²) in [5.41, 5.74) is 4.96. The van der Waals surface area contributed by atoms with Crippen molar-refractivity contribution in [1.29, 1.82) is 0 Å². The first-order valence-corrected chi connectivity index (χ1v) is 10.5. The number of H-pyrrole nitrogens is 1. The molecule has 3 heterocycles. The molecular weight excluding hydrogens is 400 g/mol. The molecule has 0 bridgehead atoms. The number of benzene rings is 2. The van der Waals surface area contributed by atoms with Crippen LogP contribution in [0, 0.1) is 0 Å². The lowest BCUT2D eigenvalue weighted by molar-refractivity contribution is 0.0956. The Kier molecular flexibility index (Phi) is 5.25. The Hall–Kier alpha value is -4.19. The fourth-order valence-corrected chi connectivity index (χ4v) is 3.91. The minimum Gasteiger partial charge on any atom is -0.497 e. The van der Waals surface area contributed by atoms with Crippen LogP contribution in [0.1, 0.15) is 15.9 Å². The highest BCUT2D eigenvalue weighted by molar-refractivity contribution is 6.07. The van der Waals surface area contributed by atoms with E-state index in [1.54, 1.807) is 13.3 Å². The fourth-order valence-electron chi connectivity index (χ4n) is 3.91. The maximum absolute atomic E-state index is 13.1. The Morgan fingerprint density at radius 2 is 1.88 bits per heavy atom. The second-order valence-corrected chi connectivity index (χ2v) is 7.52. The average Bonchev–Trinajstić information content (AvgIpc) is 3.25. The molecule has 0 saturated heterocycles. The zero-order valence-corrected chi connectivity index (χ0v) is 17.6. The van der Waals surface area contributed by atoms with Crippen molar-refractivity contribution >= 4 is 27.7 Å². The van der Waals surface area contributed by atoms with E-state index in [1.165, 1.54) is 0 Å². The van der Waals surface area contributed by atoms with E-state index < -0.39 is 0 Å². The third-order valence-electron chi connectivity index (χ3n) is 5.54. The van der Waals surface area contributed by atoms with E-state index in [2.05, 4.69) is 15.3 Å². The molecule has 0 atom stereocenters. The summed E-state index contributed by atoms with van der Waals surface area (Å²) in [6.07, 6.45) is 4.41. The van der Waals surface area contributed by atoms with Crippen LogP contribution in [0.15, 0.2) is 79.1 Å². The molecule has 3 aromatic heterocycles. The fraction of sp³-hybridized carbons (Fsp3) is 0.115. The molecule has 0 aliphatic heterocycles. The van der Waals surface area contributed by atoms with Gasteiger partial charge in [-0.2, -0.15) is 0 Å². The van der Waals surface area contributed by atoms with Gasteiger partial charge in [0.2, 0.25) is 0 Å². The summed E-state index contributed by atoms with van der Waals surface area (Å²) in [6, 6.07) is 21.1. The molecule has 32 heavy (non-hydrogen) atoms. The Balaban J connectivity index is 1.39. The lowest BCUT2D eigenvalue weighted by Gasteiger charge is -2.10. The number of aromatic amines is 1. The second-order valence-electron chi connectivity index (χ2n) is 7.52. The smallest absolute Gasteiger partial charge is 0.252 e. The number of nitrogens with zero attached hydrogens (tertiary/aromatic N) is 2. The monoisotopic (exact) mass is 422 g/mol. The maximum atomic E-state index is 13.1. The molecule has 1 amide bonds. The number of rotatable bonds is 6. The van der Waals surface area contributed by atoms with Crippen molar-refractivity contribution in [2.24, 2.45) is 0 Å². The number of fused-ring (bicyclic) bond motifs is 2. The van der Waals surface area contributed by atoms with Crippen molar-refractivity contribution in [2.45, 2.75) is 6.42 Å². The van der Waals surface area contributed by atoms with Crippen molar-refractivity contribution in [2.75, 3.05) is 13.7 Å². The molecule has 5 rings (SSSR count). The molecule has 158 valence electrons. The molecule has 5 aromatic rings. The van der Waals surface area contributed by atoms with Crippen LogP contribution < -0.4 is 10.1 Å². The summed E-state index contributed by atoms with van der Waals surface area (Å²) in [4.78, 5) is 25.5. The topological polar surface area (TPSA) is 79.9 Å². The summed E-state index contributed by atoms with van der Waals surface area (Å²) in [7, 11) is 1.66. The number of carbonyl (C=O) groups excluding carboxylic acids is 1. The highest BCUT2D eigenvalue weighted by Crippen LogP contribution is 2.25. The lowest BCUT2D eigenvalue weighted by Crippen LogP contribution is -2.26. The zero-order chi connectivity index (χ0) is 21.9. The zero-order valence-electron chi connectivity index (χ0n) is 17.6. The van der Waals surface area contributed by atoms with Crippen molar-refractivity contribution in [1.82, 2.24) is 20.3 Å². The normalized spacial score (nSPS) is 11.0. The van der Waals surface area contributed by atoms with Gasteiger partial charge >= 0.3 is 0 Å². The Morgan fingerprint density at radius 1 is 1.00 bits per heavy atom. The molecule has 0 radical (unpaired) electrons. The number of aromatic nitrogens is 3. The van der Waals surface area contributed by atoms with Crippen molar-refractivity contribution in [3.8, 4) is 17.1 Å². The van der Waals surface area contributed by atoms with E-state index in [9.17, 15) is 4.79 Å². The highest BCUT2D eigenvalue weighted by atomic mass is 16.5. The van der Waals surface area contributed by atoms with Gasteiger partial charge in [0.1, 0.15) is 5.75 Å². The van der Waals surface area contributed by atoms with Crippen LogP contribution in [0.4, 0.5) is 0 Å². The standard InChI is InChI=1S/C26H22N4O2/c1-32-18-9-10-22-20(14-18)17(16-29-22)11-13-28-26(31)21-15-25(24-8-4-5-12-27-24)30-23-7-3-2-6-19(21)23/h2-10,12,14-16,29H,11,13H2,1H3,(H,28,31). The minimum atomic E-state index is -0.127. The summed E-state index contributed by atoms with van der Waals surface area (Å²) in [5, 5.41) is 4.99. The molecule has 0 saturated carbocycles. The number of carbonyl (C=O) groups is 1. The van der Waals surface area contributed by atoms with Gasteiger partial charge in [0.15, 0.2) is 0 Å². The summed E-state index contributed by atoms with van der Waals surface area (Å²) in [6.45, 7) is 0.512. The van der Waals surface area contributed by atoms with Crippen LogP contribution >= 0.6 is 0 Å². The van der Waals surface area contributed by atoms with Crippen molar-refractivity contribution in [3.63, 3.8) is 0 Å². The SMILES string of the molecule is COc1ccc2[nH]cc(CCNC(=O)c3cc(-c4ccccn4)nc4ccccc34)c2c1. The summed E-state index contributed by atoms with van der Waals surface area (Å²) in [5.74, 6) is 0.686. The number of methoxy groups -OCH3 is 1. The molecule has 0 spiro atoms. The van der Waals surface area contributed by atoms with Gasteiger partial charge in [-0.1, -0.05) is 24.3 Å². The van der Waals surface area contributed by atoms with Gasteiger partial charge in [0, 0.05) is 35.2 Å². The summed E-state index contributed by atoms with van der Waals surface area (Å²) < 4.78 is 5.34. The predicted molar refractivity (Wildman–Crippen MR) is 126 cm³/mol. The van der Waals surface area contributed by atoms with Gasteiger partial charge in [-0.15, -0.1) is 0 Å². The van der Waals surface area contributed by atoms with Gasteiger partial charge in [-0.05, 0) is 54.4 Å². The van der Waals surface area contributed by atoms with Crippen molar-refractivity contribution < 1.29 is 9.53 Å². The Morgan fingerprint density at radius 3 is 2.72 bits per heavy atom. The number of hydrogen-bond acceptors (Lipinski definition) is 4. The third-order valence-corrected chi connectivity index (χ3v) is 5.54. The van der Waals surface area contributed by atoms with Crippen LogP contribution in [0.5, 0.6) is 5.75 Å². The molecule has 2 aromatic carbocycles. The van der Waals surface area contributed by atoms with Gasteiger partial charge in [-0.3, -0.25) is 9.78 Å². The highest BCUT2D eigenvalue weighted by Gasteiger charge is 2.14. The largest absolute Gasteiger partial charge is 0.497 e. The van der Waals surface area contributed by atoms with Gasteiger partial charge in [0.05, 0.1) is 29.6 Å². The molecule has 6 heteroatoms. The van der Waals surface area contributed by atoms with E-state index >= 15 is 0 Å². The molecule has 0 aliphatic rings. The second kappa shape index (κ2) is 8.51. The van der Waals surface area contributed by atoms with E-state index in [0.29, 0.717) is 24.2 Å². The van der Waals surface area contributed by atoms with Crippen LogP contribution in [0.2, 0.25) is 0 Å². The molecule has 2 N–H and O–H groups in total. The first-order chi connectivity index (χ1) is 15.7. The number of pyridine rings is 2. The van der Waals surface area contributed by atoms with E-state index in [1.807, 2.05) is 72.9 Å². The van der Waals surface area contributed by atoms with E-state index in [-0.39, 0.29) is 5.91 Å². The van der Waals surface area contributed by atoms with Gasteiger partial charge < -0.3 is 15.0 Å². The Labute approximate surface area is 185 Å². The molecular formula is C26H22N4O2. The first-order valence-electron chi connectivity index (χ1n) is 10.5. The quantitative estimate of drug-likeness (QED) is 0.414. The van der Waals surface area contributed by atoms with Crippen LogP contribution in [-0.4, -0.2) is 34.5 Å². The molecule has 6 nitrogen and oxygen atoms in total. The molecule has 0 fully saturated rings. The minimum absolute atomic E-state index is 0.127. The predicted octanol–water partition coefficient (Wildman–Crippen LogP) is 4.76. The number of nitrogens with one attached hydrogen (secondary N) is 2. The lowest BCUT2D eigenvalue weighted by atomic mass is 10.1. The molecule has 0 aliphatic carbocycles. The van der Waals surface area contributed by atoms with Crippen molar-refractivity contribution in [3.05, 3.63) is 90.3 Å². The van der Waals surface area contributed by atoms with Crippen LogP contribution in [0.3, 0.4) is 0 Å². The molecule has 0 unspecified atom stereocenters. The van der Waals surface area contributed by atoms with Gasteiger partial charge in [-0.25, -0.2) is 4.98 Å².